The molecule has 3 nitrogen and oxygen atoms in total. The van der Waals surface area contributed by atoms with E-state index in [4.69, 9.17) is 4.74 Å². The van der Waals surface area contributed by atoms with Crippen molar-refractivity contribution in [2.24, 2.45) is 11.8 Å². The Morgan fingerprint density at radius 2 is 2.05 bits per heavy atom. The Kier molecular flexibility index (Phi) is 7.80. The number of ether oxygens (including phenoxy) is 1. The summed E-state index contributed by atoms with van der Waals surface area (Å²) in [5.74, 6) is 0.895. The summed E-state index contributed by atoms with van der Waals surface area (Å²) in [6.07, 6.45) is 12.2. The first-order valence-electron chi connectivity index (χ1n) is 7.66. The average molecular weight is 267 g/mol. The fraction of sp³-hybridized carbons (Fsp3) is 0.812. The molecule has 1 aliphatic carbocycles. The molecule has 1 N–H and O–H groups in total. The second-order valence-electron chi connectivity index (χ2n) is 5.62. The van der Waals surface area contributed by atoms with Gasteiger partial charge in [-0.05, 0) is 24.7 Å². The fourth-order valence-corrected chi connectivity index (χ4v) is 2.66. The lowest BCUT2D eigenvalue weighted by Gasteiger charge is -2.21. The fourth-order valence-electron chi connectivity index (χ4n) is 2.66. The van der Waals surface area contributed by atoms with Gasteiger partial charge < -0.3 is 10.1 Å². The summed E-state index contributed by atoms with van der Waals surface area (Å²) in [7, 11) is 1.46. The molecule has 0 aliphatic heterocycles. The Hall–Kier alpha value is -0.830. The molecule has 0 aromatic heterocycles. The van der Waals surface area contributed by atoms with Crippen molar-refractivity contribution in [2.45, 2.75) is 58.4 Å². The van der Waals surface area contributed by atoms with E-state index >= 15 is 0 Å². The third kappa shape index (κ3) is 5.77. The van der Waals surface area contributed by atoms with Crippen LogP contribution in [0.15, 0.2) is 12.2 Å². The van der Waals surface area contributed by atoms with E-state index in [1.807, 2.05) is 0 Å². The maximum atomic E-state index is 11.7. The normalized spacial score (nSPS) is 20.4. The third-order valence-electron chi connectivity index (χ3n) is 4.18. The molecule has 0 aromatic rings. The molecule has 0 bridgehead atoms. The van der Waals surface area contributed by atoms with Crippen LogP contribution in [0.1, 0.15) is 52.4 Å². The zero-order valence-electron chi connectivity index (χ0n) is 12.7. The minimum atomic E-state index is -0.189. The van der Waals surface area contributed by atoms with E-state index in [0.717, 1.165) is 18.9 Å². The predicted octanol–water partition coefficient (Wildman–Crippen LogP) is 3.30. The van der Waals surface area contributed by atoms with Gasteiger partial charge in [-0.25, -0.2) is 0 Å². The molecule has 19 heavy (non-hydrogen) atoms. The summed E-state index contributed by atoms with van der Waals surface area (Å²) in [5, 5.41) is 3.30. The van der Waals surface area contributed by atoms with Crippen molar-refractivity contribution in [1.82, 2.24) is 5.32 Å². The second-order valence-corrected chi connectivity index (χ2v) is 5.62. The molecule has 1 fully saturated rings. The molecule has 3 heteroatoms. The Labute approximate surface area is 117 Å². The second kappa shape index (κ2) is 9.13. The molecule has 1 aliphatic rings. The number of carbonyl (C=O) groups excluding carboxylic acids is 1. The summed E-state index contributed by atoms with van der Waals surface area (Å²) in [4.78, 5) is 11.7. The monoisotopic (exact) mass is 267 g/mol. The van der Waals surface area contributed by atoms with Gasteiger partial charge in [-0.1, -0.05) is 51.7 Å². The van der Waals surface area contributed by atoms with Crippen molar-refractivity contribution in [3.8, 4) is 0 Å². The van der Waals surface area contributed by atoms with E-state index in [9.17, 15) is 4.79 Å². The van der Waals surface area contributed by atoms with Gasteiger partial charge in [0.05, 0.1) is 7.11 Å². The van der Waals surface area contributed by atoms with Crippen LogP contribution in [0, 0.1) is 11.8 Å². The number of esters is 1. The molecule has 0 aromatic carbocycles. The highest BCUT2D eigenvalue weighted by atomic mass is 16.5. The average Bonchev–Trinajstić information content (AvgIpc) is 2.47. The first-order chi connectivity index (χ1) is 9.19. The number of hydrogen-bond acceptors (Lipinski definition) is 3. The van der Waals surface area contributed by atoms with Gasteiger partial charge >= 0.3 is 5.97 Å². The number of rotatable bonds is 7. The Morgan fingerprint density at radius 3 is 2.63 bits per heavy atom. The molecule has 0 amide bonds. The van der Waals surface area contributed by atoms with Crippen molar-refractivity contribution in [3.63, 3.8) is 0 Å². The minimum Gasteiger partial charge on any atom is -0.468 e. The first kappa shape index (κ1) is 16.2. The molecule has 1 saturated carbocycles. The summed E-state index contributed by atoms with van der Waals surface area (Å²) in [6, 6.07) is -0.189. The highest BCUT2D eigenvalue weighted by Crippen LogP contribution is 2.24. The van der Waals surface area contributed by atoms with E-state index in [1.54, 1.807) is 0 Å². The van der Waals surface area contributed by atoms with E-state index in [2.05, 4.69) is 31.3 Å². The van der Waals surface area contributed by atoms with Crippen LogP contribution in [0.5, 0.6) is 0 Å². The molecule has 110 valence electrons. The van der Waals surface area contributed by atoms with E-state index in [1.165, 1.54) is 39.2 Å². The first-order valence-corrected chi connectivity index (χ1v) is 7.66. The Bertz CT molecular complexity index is 282. The number of methoxy groups -OCH3 is 1. The molecular formula is C16H29NO2. The van der Waals surface area contributed by atoms with Crippen LogP contribution in [0.3, 0.4) is 0 Å². The van der Waals surface area contributed by atoms with Crippen molar-refractivity contribution >= 4 is 5.97 Å². The van der Waals surface area contributed by atoms with Gasteiger partial charge in [-0.2, -0.15) is 0 Å². The van der Waals surface area contributed by atoms with Crippen LogP contribution in [0.25, 0.3) is 0 Å². The lowest BCUT2D eigenvalue weighted by molar-refractivity contribution is -0.144. The molecule has 0 heterocycles. The van der Waals surface area contributed by atoms with Crippen molar-refractivity contribution in [2.75, 3.05) is 13.7 Å². The maximum absolute atomic E-state index is 11.7. The number of nitrogens with one attached hydrogen (secondary N) is 1. The van der Waals surface area contributed by atoms with Gasteiger partial charge in [-0.15, -0.1) is 0 Å². The highest BCUT2D eigenvalue weighted by molar-refractivity contribution is 5.76. The lowest BCUT2D eigenvalue weighted by atomic mass is 9.89. The number of carbonyl (C=O) groups is 1. The molecule has 0 saturated heterocycles. The molecule has 0 radical (unpaired) electrons. The largest absolute Gasteiger partial charge is 0.468 e. The summed E-state index contributed by atoms with van der Waals surface area (Å²) < 4.78 is 4.86. The van der Waals surface area contributed by atoms with Crippen LogP contribution in [0.2, 0.25) is 0 Å². The van der Waals surface area contributed by atoms with Gasteiger partial charge in [0.15, 0.2) is 0 Å². The topological polar surface area (TPSA) is 38.3 Å². The number of allylic oxidation sites excluding steroid dienone is 1. The quantitative estimate of drug-likeness (QED) is 0.568. The zero-order valence-corrected chi connectivity index (χ0v) is 12.7. The Balaban J connectivity index is 2.34. The van der Waals surface area contributed by atoms with Crippen LogP contribution in [-0.2, 0) is 9.53 Å². The van der Waals surface area contributed by atoms with Gasteiger partial charge in [-0.3, -0.25) is 4.79 Å². The van der Waals surface area contributed by atoms with Crippen LogP contribution in [0.4, 0.5) is 0 Å². The minimum absolute atomic E-state index is 0.152. The van der Waals surface area contributed by atoms with Crippen molar-refractivity contribution in [1.29, 1.82) is 0 Å². The van der Waals surface area contributed by atoms with Gasteiger partial charge in [0.25, 0.3) is 0 Å². The summed E-state index contributed by atoms with van der Waals surface area (Å²) in [5.41, 5.74) is 0. The van der Waals surface area contributed by atoms with Crippen molar-refractivity contribution < 1.29 is 9.53 Å². The molecular weight excluding hydrogens is 238 g/mol. The lowest BCUT2D eigenvalue weighted by Crippen LogP contribution is -2.42. The van der Waals surface area contributed by atoms with Gasteiger partial charge in [0.2, 0.25) is 0 Å². The third-order valence-corrected chi connectivity index (χ3v) is 4.18. The predicted molar refractivity (Wildman–Crippen MR) is 79.0 cm³/mol. The standard InChI is InChI=1S/C16H29NO2/c1-4-13(2)15(16(18)19-3)17-12-8-11-14-9-6-5-7-10-14/h8,11,13-15,17H,4-7,9-10,12H2,1-3H3/b11-8+/t13?,15-/m0/s1. The number of hydrogen-bond donors (Lipinski definition) is 1. The highest BCUT2D eigenvalue weighted by Gasteiger charge is 2.23. The van der Waals surface area contributed by atoms with E-state index in [0.29, 0.717) is 5.92 Å². The van der Waals surface area contributed by atoms with E-state index < -0.39 is 0 Å². The summed E-state index contributed by atoms with van der Waals surface area (Å²) in [6.45, 7) is 4.93. The van der Waals surface area contributed by atoms with Crippen LogP contribution in [-0.4, -0.2) is 25.7 Å². The Morgan fingerprint density at radius 1 is 1.37 bits per heavy atom. The van der Waals surface area contributed by atoms with Crippen LogP contribution >= 0.6 is 0 Å². The SMILES string of the molecule is CCC(C)[C@H](NC/C=C/C1CCCCC1)C(=O)OC. The molecule has 1 unspecified atom stereocenters. The van der Waals surface area contributed by atoms with E-state index in [-0.39, 0.29) is 12.0 Å². The van der Waals surface area contributed by atoms with Gasteiger partial charge in [0.1, 0.15) is 6.04 Å². The smallest absolute Gasteiger partial charge is 0.323 e. The van der Waals surface area contributed by atoms with Crippen LogP contribution < -0.4 is 5.32 Å². The maximum Gasteiger partial charge on any atom is 0.323 e. The molecule has 0 spiro atoms. The van der Waals surface area contributed by atoms with Gasteiger partial charge in [0, 0.05) is 6.54 Å². The van der Waals surface area contributed by atoms with Crippen molar-refractivity contribution in [3.05, 3.63) is 12.2 Å². The zero-order chi connectivity index (χ0) is 14.1. The molecule has 2 atom stereocenters. The molecule has 1 rings (SSSR count). The summed E-state index contributed by atoms with van der Waals surface area (Å²) >= 11 is 0.